The first-order chi connectivity index (χ1) is 12.2. The Balaban J connectivity index is 1.50. The SMILES string of the molecule is O=C(Cn1nc(-c2ccco2)oc1=O)NC1(c2ccccc2)CCC1. The molecule has 0 bridgehead atoms. The Kier molecular flexibility index (Phi) is 3.76. The topological polar surface area (TPSA) is 90.3 Å². The van der Waals surface area contributed by atoms with E-state index in [1.807, 2.05) is 30.3 Å². The van der Waals surface area contributed by atoms with Crippen LogP contribution in [0.3, 0.4) is 0 Å². The van der Waals surface area contributed by atoms with Crippen molar-refractivity contribution in [3.05, 3.63) is 64.8 Å². The lowest BCUT2D eigenvalue weighted by molar-refractivity contribution is -0.125. The molecule has 1 N–H and O–H groups in total. The van der Waals surface area contributed by atoms with E-state index in [2.05, 4.69) is 10.4 Å². The van der Waals surface area contributed by atoms with Crippen LogP contribution in [0.15, 0.2) is 62.4 Å². The van der Waals surface area contributed by atoms with Gasteiger partial charge in [0.05, 0.1) is 11.8 Å². The molecule has 1 saturated carbocycles. The van der Waals surface area contributed by atoms with Crippen LogP contribution in [-0.4, -0.2) is 15.7 Å². The van der Waals surface area contributed by atoms with Crippen molar-refractivity contribution in [2.24, 2.45) is 0 Å². The van der Waals surface area contributed by atoms with Crippen LogP contribution in [0.25, 0.3) is 11.7 Å². The molecule has 0 radical (unpaired) electrons. The van der Waals surface area contributed by atoms with Crippen LogP contribution in [0, 0.1) is 0 Å². The zero-order chi connectivity index (χ0) is 17.3. The molecule has 2 heterocycles. The summed E-state index contributed by atoms with van der Waals surface area (Å²) in [5.41, 5.74) is 0.730. The molecule has 1 amide bonds. The molecule has 1 fully saturated rings. The van der Waals surface area contributed by atoms with Gasteiger partial charge in [0.25, 0.3) is 5.89 Å². The maximum Gasteiger partial charge on any atom is 0.437 e. The third-order valence-electron chi connectivity index (χ3n) is 4.54. The monoisotopic (exact) mass is 339 g/mol. The minimum absolute atomic E-state index is 0.0595. The van der Waals surface area contributed by atoms with E-state index in [0.29, 0.717) is 5.76 Å². The number of aromatic nitrogens is 2. The molecule has 7 heteroatoms. The van der Waals surface area contributed by atoms with Crippen molar-refractivity contribution < 1.29 is 13.6 Å². The van der Waals surface area contributed by atoms with Crippen LogP contribution in [0.5, 0.6) is 0 Å². The van der Waals surface area contributed by atoms with Crippen molar-refractivity contribution in [2.45, 2.75) is 31.3 Å². The quantitative estimate of drug-likeness (QED) is 0.770. The van der Waals surface area contributed by atoms with Crippen LogP contribution in [-0.2, 0) is 16.9 Å². The smallest absolute Gasteiger partial charge is 0.437 e. The number of rotatable bonds is 5. The van der Waals surface area contributed by atoms with Crippen LogP contribution < -0.4 is 11.1 Å². The predicted octanol–water partition coefficient (Wildman–Crippen LogP) is 2.29. The standard InChI is InChI=1S/C18H17N3O4/c22-15(19-18(9-5-10-18)13-6-2-1-3-7-13)12-21-17(23)25-16(20-21)14-8-4-11-24-14/h1-4,6-8,11H,5,9-10,12H2,(H,19,22). The molecule has 0 atom stereocenters. The van der Waals surface area contributed by atoms with Gasteiger partial charge in [0.15, 0.2) is 5.76 Å². The molecule has 7 nitrogen and oxygen atoms in total. The summed E-state index contributed by atoms with van der Waals surface area (Å²) in [6, 6.07) is 13.2. The van der Waals surface area contributed by atoms with Gasteiger partial charge in [-0.2, -0.15) is 4.68 Å². The molecular weight excluding hydrogens is 322 g/mol. The second kappa shape index (κ2) is 6.08. The molecule has 128 valence electrons. The van der Waals surface area contributed by atoms with E-state index in [-0.39, 0.29) is 23.9 Å². The summed E-state index contributed by atoms with van der Waals surface area (Å²) in [6.07, 6.45) is 4.28. The first kappa shape index (κ1) is 15.4. The molecule has 0 spiro atoms. The number of furan rings is 1. The molecule has 0 unspecified atom stereocenters. The van der Waals surface area contributed by atoms with Gasteiger partial charge >= 0.3 is 5.76 Å². The minimum atomic E-state index is -0.691. The number of amides is 1. The van der Waals surface area contributed by atoms with Gasteiger partial charge in [0.2, 0.25) is 5.91 Å². The number of carbonyl (C=O) groups is 1. The third-order valence-corrected chi connectivity index (χ3v) is 4.54. The second-order valence-electron chi connectivity index (χ2n) is 6.16. The van der Waals surface area contributed by atoms with E-state index in [9.17, 15) is 9.59 Å². The molecule has 1 aliphatic rings. The summed E-state index contributed by atoms with van der Waals surface area (Å²) < 4.78 is 11.2. The Morgan fingerprint density at radius 3 is 2.64 bits per heavy atom. The van der Waals surface area contributed by atoms with Crippen molar-refractivity contribution in [1.29, 1.82) is 0 Å². The Hall–Kier alpha value is -3.09. The van der Waals surface area contributed by atoms with E-state index >= 15 is 0 Å². The van der Waals surface area contributed by atoms with Crippen molar-refractivity contribution in [2.75, 3.05) is 0 Å². The summed E-state index contributed by atoms with van der Waals surface area (Å²) in [4.78, 5) is 24.4. The first-order valence-electron chi connectivity index (χ1n) is 8.15. The molecule has 1 aliphatic carbocycles. The zero-order valence-corrected chi connectivity index (χ0v) is 13.5. The molecule has 3 aromatic rings. The average molecular weight is 339 g/mol. The Morgan fingerprint density at radius 1 is 1.20 bits per heavy atom. The maximum absolute atomic E-state index is 12.5. The maximum atomic E-state index is 12.5. The predicted molar refractivity (Wildman–Crippen MR) is 88.6 cm³/mol. The van der Waals surface area contributed by atoms with Gasteiger partial charge in [-0.3, -0.25) is 4.79 Å². The highest BCUT2D eigenvalue weighted by atomic mass is 16.4. The highest BCUT2D eigenvalue weighted by Gasteiger charge is 2.39. The molecule has 1 aromatic carbocycles. The van der Waals surface area contributed by atoms with Gasteiger partial charge in [0.1, 0.15) is 6.54 Å². The number of hydrogen-bond donors (Lipinski definition) is 1. The second-order valence-corrected chi connectivity index (χ2v) is 6.16. The summed E-state index contributed by atoms with van der Waals surface area (Å²) >= 11 is 0. The van der Waals surface area contributed by atoms with Crippen molar-refractivity contribution in [3.8, 4) is 11.7 Å². The van der Waals surface area contributed by atoms with Gasteiger partial charge in [-0.1, -0.05) is 30.3 Å². The lowest BCUT2D eigenvalue weighted by Crippen LogP contribution is -2.52. The molecule has 0 saturated heterocycles. The molecule has 0 aliphatic heterocycles. The fourth-order valence-electron chi connectivity index (χ4n) is 3.12. The van der Waals surface area contributed by atoms with Crippen LogP contribution in [0.2, 0.25) is 0 Å². The van der Waals surface area contributed by atoms with Gasteiger partial charge in [0, 0.05) is 0 Å². The fraction of sp³-hybridized carbons (Fsp3) is 0.278. The largest absolute Gasteiger partial charge is 0.459 e. The average Bonchev–Trinajstić information content (AvgIpc) is 3.22. The van der Waals surface area contributed by atoms with E-state index in [4.69, 9.17) is 8.83 Å². The van der Waals surface area contributed by atoms with Gasteiger partial charge in [-0.25, -0.2) is 4.79 Å². The number of benzene rings is 1. The lowest BCUT2D eigenvalue weighted by Gasteiger charge is -2.43. The fourth-order valence-corrected chi connectivity index (χ4v) is 3.12. The lowest BCUT2D eigenvalue weighted by atomic mass is 9.72. The van der Waals surface area contributed by atoms with E-state index < -0.39 is 5.76 Å². The molecular formula is C18H17N3O4. The van der Waals surface area contributed by atoms with Crippen molar-refractivity contribution >= 4 is 5.91 Å². The number of hydrogen-bond acceptors (Lipinski definition) is 5. The van der Waals surface area contributed by atoms with E-state index in [1.165, 1.54) is 6.26 Å². The Bertz CT molecular complexity index is 921. The summed E-state index contributed by atoms with van der Waals surface area (Å²) in [5.74, 6) is -0.561. The first-order valence-corrected chi connectivity index (χ1v) is 8.15. The minimum Gasteiger partial charge on any atom is -0.459 e. The van der Waals surface area contributed by atoms with Gasteiger partial charge in [-0.15, -0.1) is 5.10 Å². The highest BCUT2D eigenvalue weighted by Crippen LogP contribution is 2.41. The number of carbonyl (C=O) groups excluding carboxylic acids is 1. The Labute approximate surface area is 143 Å². The zero-order valence-electron chi connectivity index (χ0n) is 13.5. The summed E-state index contributed by atoms with van der Waals surface area (Å²) in [5, 5.41) is 7.08. The van der Waals surface area contributed by atoms with Crippen molar-refractivity contribution in [3.63, 3.8) is 0 Å². The van der Waals surface area contributed by atoms with E-state index in [1.54, 1.807) is 12.1 Å². The number of nitrogens with zero attached hydrogens (tertiary/aromatic N) is 2. The van der Waals surface area contributed by atoms with Gasteiger partial charge < -0.3 is 14.2 Å². The number of nitrogens with one attached hydrogen (secondary N) is 1. The molecule has 4 rings (SSSR count). The summed E-state index contributed by atoms with van der Waals surface area (Å²) in [6.45, 7) is -0.197. The van der Waals surface area contributed by atoms with Crippen LogP contribution >= 0.6 is 0 Å². The molecule has 2 aromatic heterocycles. The molecule has 25 heavy (non-hydrogen) atoms. The van der Waals surface area contributed by atoms with E-state index in [0.717, 1.165) is 29.5 Å². The normalized spacial score (nSPS) is 15.5. The third kappa shape index (κ3) is 2.88. The van der Waals surface area contributed by atoms with Crippen LogP contribution in [0.4, 0.5) is 0 Å². The summed E-state index contributed by atoms with van der Waals surface area (Å²) in [7, 11) is 0. The van der Waals surface area contributed by atoms with Crippen molar-refractivity contribution in [1.82, 2.24) is 15.1 Å². The Morgan fingerprint density at radius 2 is 2.00 bits per heavy atom. The highest BCUT2D eigenvalue weighted by molar-refractivity contribution is 5.77. The van der Waals surface area contributed by atoms with Gasteiger partial charge in [-0.05, 0) is 37.0 Å². The van der Waals surface area contributed by atoms with Crippen LogP contribution in [0.1, 0.15) is 24.8 Å².